The molecule has 0 aliphatic heterocycles. The summed E-state index contributed by atoms with van der Waals surface area (Å²) in [6, 6.07) is 13.1. The number of hydrogen-bond donors (Lipinski definition) is 2. The fourth-order valence-electron chi connectivity index (χ4n) is 2.41. The van der Waals surface area contributed by atoms with Crippen LogP contribution in [-0.4, -0.2) is 45.3 Å². The Balaban J connectivity index is 1.80. The van der Waals surface area contributed by atoms with Crippen LogP contribution in [0.5, 0.6) is 23.0 Å². The maximum absolute atomic E-state index is 5.83. The number of hydrogen-bond acceptors (Lipinski definition) is 6. The SMILES string of the molecule is C=CCNC(=S)N/N=C\c1ccc(OCCCOc2ccccc2OC)c(OC)c1. The number of methoxy groups -OCH3 is 2. The molecule has 0 heterocycles. The predicted octanol–water partition coefficient (Wildman–Crippen LogP) is 3.54. The molecule has 0 aliphatic rings. The lowest BCUT2D eigenvalue weighted by molar-refractivity contribution is 0.234. The van der Waals surface area contributed by atoms with E-state index < -0.39 is 0 Å². The molecule has 7 nitrogen and oxygen atoms in total. The highest BCUT2D eigenvalue weighted by atomic mass is 32.1. The lowest BCUT2D eigenvalue weighted by Gasteiger charge is -2.12. The zero-order valence-electron chi connectivity index (χ0n) is 17.2. The summed E-state index contributed by atoms with van der Waals surface area (Å²) in [5.74, 6) is 2.71. The highest BCUT2D eigenvalue weighted by Crippen LogP contribution is 2.28. The van der Waals surface area contributed by atoms with Gasteiger partial charge in [0.1, 0.15) is 0 Å². The lowest BCUT2D eigenvalue weighted by Crippen LogP contribution is -2.31. The van der Waals surface area contributed by atoms with Gasteiger partial charge >= 0.3 is 0 Å². The van der Waals surface area contributed by atoms with Crippen LogP contribution in [0.4, 0.5) is 0 Å². The number of ether oxygens (including phenoxy) is 4. The van der Waals surface area contributed by atoms with Crippen LogP contribution < -0.4 is 29.7 Å². The quantitative estimate of drug-likeness (QED) is 0.176. The Morgan fingerprint density at radius 2 is 1.67 bits per heavy atom. The number of rotatable bonds is 12. The first-order valence-corrected chi connectivity index (χ1v) is 9.83. The molecule has 2 N–H and O–H groups in total. The standard InChI is InChI=1S/C22H27N3O4S/c1-4-12-23-22(30)25-24-16-17-10-11-20(21(15-17)27-3)29-14-7-13-28-19-9-6-5-8-18(19)26-2/h4-6,8-11,15-16H,1,7,12-14H2,2-3H3,(H2,23,25,30)/b24-16-. The predicted molar refractivity (Wildman–Crippen MR) is 123 cm³/mol. The average Bonchev–Trinajstić information content (AvgIpc) is 2.78. The van der Waals surface area contributed by atoms with E-state index in [-0.39, 0.29) is 0 Å². The summed E-state index contributed by atoms with van der Waals surface area (Å²) in [6.07, 6.45) is 4.07. The molecule has 8 heteroatoms. The molecule has 0 saturated carbocycles. The van der Waals surface area contributed by atoms with Crippen LogP contribution in [0.1, 0.15) is 12.0 Å². The molecular formula is C22H27N3O4S. The molecular weight excluding hydrogens is 402 g/mol. The molecule has 0 aliphatic carbocycles. The molecule has 0 radical (unpaired) electrons. The molecule has 0 saturated heterocycles. The third-order valence-electron chi connectivity index (χ3n) is 3.85. The zero-order chi connectivity index (χ0) is 21.6. The molecule has 2 rings (SSSR count). The lowest BCUT2D eigenvalue weighted by atomic mass is 10.2. The first-order valence-electron chi connectivity index (χ1n) is 9.42. The Bertz CT molecular complexity index is 858. The van der Waals surface area contributed by atoms with Crippen molar-refractivity contribution in [1.82, 2.24) is 10.7 Å². The summed E-state index contributed by atoms with van der Waals surface area (Å²) in [4.78, 5) is 0. The van der Waals surface area contributed by atoms with E-state index in [4.69, 9.17) is 31.2 Å². The van der Waals surface area contributed by atoms with Crippen molar-refractivity contribution in [2.75, 3.05) is 34.0 Å². The van der Waals surface area contributed by atoms with Gasteiger partial charge in [-0.25, -0.2) is 0 Å². The number of nitrogens with zero attached hydrogens (tertiary/aromatic N) is 1. The zero-order valence-corrected chi connectivity index (χ0v) is 18.0. The summed E-state index contributed by atoms with van der Waals surface area (Å²) in [7, 11) is 3.22. The highest BCUT2D eigenvalue weighted by Gasteiger charge is 2.06. The van der Waals surface area contributed by atoms with Gasteiger partial charge in [0.25, 0.3) is 0 Å². The summed E-state index contributed by atoms with van der Waals surface area (Å²) < 4.78 is 22.3. The van der Waals surface area contributed by atoms with Gasteiger partial charge in [0.2, 0.25) is 0 Å². The summed E-state index contributed by atoms with van der Waals surface area (Å²) >= 11 is 5.07. The minimum absolute atomic E-state index is 0.424. The van der Waals surface area contributed by atoms with Gasteiger partial charge in [0, 0.05) is 13.0 Å². The van der Waals surface area contributed by atoms with E-state index in [1.54, 1.807) is 26.5 Å². The second kappa shape index (κ2) is 13.1. The van der Waals surface area contributed by atoms with E-state index >= 15 is 0 Å². The number of para-hydroxylation sites is 2. The number of nitrogens with one attached hydrogen (secondary N) is 2. The van der Waals surface area contributed by atoms with Gasteiger partial charge in [-0.15, -0.1) is 6.58 Å². The molecule has 0 fully saturated rings. The third-order valence-corrected chi connectivity index (χ3v) is 4.08. The van der Waals surface area contributed by atoms with E-state index in [1.165, 1.54) is 0 Å². The first-order chi connectivity index (χ1) is 14.7. The van der Waals surface area contributed by atoms with Crippen molar-refractivity contribution in [1.29, 1.82) is 0 Å². The van der Waals surface area contributed by atoms with Crippen LogP contribution in [0.25, 0.3) is 0 Å². The van der Waals surface area contributed by atoms with Crippen molar-refractivity contribution in [3.05, 3.63) is 60.7 Å². The van der Waals surface area contributed by atoms with Gasteiger partial charge in [0.05, 0.1) is 33.6 Å². The number of benzene rings is 2. The van der Waals surface area contributed by atoms with Crippen molar-refractivity contribution in [3.63, 3.8) is 0 Å². The number of thiocarbonyl (C=S) groups is 1. The topological polar surface area (TPSA) is 73.3 Å². The minimum Gasteiger partial charge on any atom is -0.493 e. The van der Waals surface area contributed by atoms with Gasteiger partial charge in [0.15, 0.2) is 28.1 Å². The van der Waals surface area contributed by atoms with Gasteiger partial charge < -0.3 is 24.3 Å². The largest absolute Gasteiger partial charge is 0.493 e. The average molecular weight is 430 g/mol. The molecule has 0 atom stereocenters. The van der Waals surface area contributed by atoms with E-state index in [1.807, 2.05) is 42.5 Å². The van der Waals surface area contributed by atoms with Crippen LogP contribution in [0, 0.1) is 0 Å². The smallest absolute Gasteiger partial charge is 0.187 e. The Kier molecular flexibility index (Phi) is 10.0. The Morgan fingerprint density at radius 3 is 2.33 bits per heavy atom. The molecule has 2 aromatic rings. The van der Waals surface area contributed by atoms with Crippen molar-refractivity contribution in [2.24, 2.45) is 5.10 Å². The molecule has 2 aromatic carbocycles. The van der Waals surface area contributed by atoms with E-state index in [0.717, 1.165) is 5.56 Å². The Morgan fingerprint density at radius 1 is 1.00 bits per heavy atom. The van der Waals surface area contributed by atoms with Crippen LogP contribution in [-0.2, 0) is 0 Å². The summed E-state index contributed by atoms with van der Waals surface area (Å²) in [5.41, 5.74) is 3.58. The van der Waals surface area contributed by atoms with E-state index in [0.29, 0.717) is 54.3 Å². The van der Waals surface area contributed by atoms with E-state index in [9.17, 15) is 0 Å². The Hall–Kier alpha value is -3.26. The molecule has 0 aromatic heterocycles. The third kappa shape index (κ3) is 7.63. The van der Waals surface area contributed by atoms with Gasteiger partial charge in [-0.3, -0.25) is 5.43 Å². The van der Waals surface area contributed by atoms with Crippen molar-refractivity contribution in [3.8, 4) is 23.0 Å². The molecule has 0 amide bonds. The minimum atomic E-state index is 0.424. The summed E-state index contributed by atoms with van der Waals surface area (Å²) in [5, 5.41) is 7.44. The van der Waals surface area contributed by atoms with Crippen LogP contribution in [0.15, 0.2) is 60.2 Å². The maximum Gasteiger partial charge on any atom is 0.187 e. The molecule has 0 bridgehead atoms. The first kappa shape index (κ1) is 23.0. The fraction of sp³-hybridized carbons (Fsp3) is 0.273. The molecule has 0 unspecified atom stereocenters. The molecule has 30 heavy (non-hydrogen) atoms. The second-order valence-electron chi connectivity index (χ2n) is 5.98. The Labute approximate surface area is 182 Å². The van der Waals surface area contributed by atoms with Gasteiger partial charge in [-0.1, -0.05) is 18.2 Å². The van der Waals surface area contributed by atoms with Gasteiger partial charge in [-0.2, -0.15) is 5.10 Å². The second-order valence-corrected chi connectivity index (χ2v) is 6.39. The monoisotopic (exact) mass is 429 g/mol. The fourth-order valence-corrected chi connectivity index (χ4v) is 2.55. The molecule has 0 spiro atoms. The van der Waals surface area contributed by atoms with Crippen molar-refractivity contribution >= 4 is 23.5 Å². The number of hydrazone groups is 1. The normalized spacial score (nSPS) is 10.3. The maximum atomic E-state index is 5.83. The van der Waals surface area contributed by atoms with Gasteiger partial charge in [-0.05, 0) is 48.1 Å². The summed E-state index contributed by atoms with van der Waals surface area (Å²) in [6.45, 7) is 5.19. The van der Waals surface area contributed by atoms with E-state index in [2.05, 4.69) is 22.4 Å². The van der Waals surface area contributed by atoms with Crippen molar-refractivity contribution < 1.29 is 18.9 Å². The van der Waals surface area contributed by atoms with Crippen LogP contribution >= 0.6 is 12.2 Å². The molecule has 160 valence electrons. The van der Waals surface area contributed by atoms with Crippen LogP contribution in [0.3, 0.4) is 0 Å². The highest BCUT2D eigenvalue weighted by molar-refractivity contribution is 7.80. The van der Waals surface area contributed by atoms with Crippen molar-refractivity contribution in [2.45, 2.75) is 6.42 Å². The van der Waals surface area contributed by atoms with Crippen LogP contribution in [0.2, 0.25) is 0 Å².